The van der Waals surface area contributed by atoms with Crippen LogP contribution >= 0.6 is 0 Å². The van der Waals surface area contributed by atoms with Crippen molar-refractivity contribution < 1.29 is 22.7 Å². The summed E-state index contributed by atoms with van der Waals surface area (Å²) in [6, 6.07) is 2.07. The summed E-state index contributed by atoms with van der Waals surface area (Å²) in [6.45, 7) is 7.91. The summed E-state index contributed by atoms with van der Waals surface area (Å²) < 4.78 is 31.6. The van der Waals surface area contributed by atoms with Crippen molar-refractivity contribution in [3.8, 4) is 0 Å². The number of carboxylic acid groups (broad SMARTS) is 1. The second kappa shape index (κ2) is 3.83. The molecule has 1 aliphatic rings. The van der Waals surface area contributed by atoms with Gasteiger partial charge in [0.2, 0.25) is 10.9 Å². The van der Waals surface area contributed by atoms with Gasteiger partial charge in [0.1, 0.15) is 0 Å². The molecule has 0 aromatic carbocycles. The molecule has 0 atom stereocenters. The third-order valence-corrected chi connectivity index (χ3v) is 5.65. The molecule has 1 saturated carbocycles. The van der Waals surface area contributed by atoms with Crippen LogP contribution in [0.25, 0.3) is 0 Å². The second-order valence-corrected chi connectivity index (χ2v) is 7.57. The molecule has 1 aliphatic carbocycles. The predicted molar refractivity (Wildman–Crippen MR) is 67.3 cm³/mol. The Morgan fingerprint density at radius 2 is 1.79 bits per heavy atom. The zero-order valence-electron chi connectivity index (χ0n) is 11.2. The molecule has 0 amide bonds. The van der Waals surface area contributed by atoms with Gasteiger partial charge in [-0.25, -0.2) is 17.9 Å². The molecule has 7 heteroatoms. The smallest absolute Gasteiger partial charge is 0.371 e. The summed E-state index contributed by atoms with van der Waals surface area (Å²) in [5, 5.41) is 8.34. The lowest BCUT2D eigenvalue weighted by Crippen LogP contribution is -2.29. The van der Waals surface area contributed by atoms with Crippen LogP contribution in [-0.4, -0.2) is 25.5 Å². The Balaban J connectivity index is 2.23. The highest BCUT2D eigenvalue weighted by Gasteiger charge is 2.66. The molecule has 0 aliphatic heterocycles. The number of carboxylic acids is 1. The lowest BCUT2D eigenvalue weighted by atomic mass is 10.0. The molecule has 0 spiro atoms. The highest BCUT2D eigenvalue weighted by molar-refractivity contribution is 7.89. The zero-order valence-corrected chi connectivity index (χ0v) is 12.0. The number of nitrogens with one attached hydrogen (secondary N) is 1. The Morgan fingerprint density at radius 3 is 2.16 bits per heavy atom. The van der Waals surface area contributed by atoms with Crippen molar-refractivity contribution in [2.45, 2.75) is 38.8 Å². The summed E-state index contributed by atoms with van der Waals surface area (Å²) in [5.74, 6) is -1.69. The minimum absolute atomic E-state index is 0.151. The van der Waals surface area contributed by atoms with Crippen LogP contribution in [0.2, 0.25) is 0 Å². The van der Waals surface area contributed by atoms with Crippen molar-refractivity contribution >= 4 is 16.0 Å². The molecule has 1 aromatic heterocycles. The van der Waals surface area contributed by atoms with E-state index in [1.165, 1.54) is 0 Å². The van der Waals surface area contributed by atoms with E-state index >= 15 is 0 Å². The molecule has 1 aromatic rings. The lowest BCUT2D eigenvalue weighted by molar-refractivity contribution is 0.0656. The number of aromatic carboxylic acids is 1. The maximum absolute atomic E-state index is 12.1. The summed E-state index contributed by atoms with van der Waals surface area (Å²) in [6.07, 6.45) is 0. The topological polar surface area (TPSA) is 96.6 Å². The van der Waals surface area contributed by atoms with Crippen molar-refractivity contribution in [1.29, 1.82) is 0 Å². The Hall–Kier alpha value is -1.34. The van der Waals surface area contributed by atoms with Crippen molar-refractivity contribution in [2.24, 2.45) is 10.8 Å². The van der Waals surface area contributed by atoms with E-state index in [1.54, 1.807) is 0 Å². The van der Waals surface area contributed by atoms with Gasteiger partial charge in [0.25, 0.3) is 10.0 Å². The molecular formula is C12H17NO5S. The van der Waals surface area contributed by atoms with Crippen LogP contribution in [-0.2, 0) is 10.0 Å². The number of carbonyl (C=O) groups is 1. The third kappa shape index (κ3) is 2.06. The van der Waals surface area contributed by atoms with Gasteiger partial charge in [-0.1, -0.05) is 27.7 Å². The van der Waals surface area contributed by atoms with Gasteiger partial charge in [0.05, 0.1) is 0 Å². The first-order valence-electron chi connectivity index (χ1n) is 5.85. The minimum Gasteiger partial charge on any atom is -0.475 e. The normalized spacial score (nSPS) is 21.3. The van der Waals surface area contributed by atoms with Gasteiger partial charge in [-0.05, 0) is 23.0 Å². The Morgan fingerprint density at radius 1 is 1.26 bits per heavy atom. The van der Waals surface area contributed by atoms with E-state index in [1.807, 2.05) is 27.7 Å². The zero-order chi connectivity index (χ0) is 14.6. The largest absolute Gasteiger partial charge is 0.475 e. The molecule has 106 valence electrons. The van der Waals surface area contributed by atoms with Crippen LogP contribution in [0.15, 0.2) is 21.6 Å². The molecule has 0 saturated heterocycles. The molecule has 6 nitrogen and oxygen atoms in total. The first-order chi connectivity index (χ1) is 8.50. The van der Waals surface area contributed by atoms with Gasteiger partial charge >= 0.3 is 5.97 Å². The van der Waals surface area contributed by atoms with E-state index in [-0.39, 0.29) is 22.0 Å². The summed E-state index contributed by atoms with van der Waals surface area (Å²) in [5.41, 5.74) is -0.301. The van der Waals surface area contributed by atoms with Crippen LogP contribution < -0.4 is 4.72 Å². The molecule has 2 N–H and O–H groups in total. The van der Waals surface area contributed by atoms with Gasteiger partial charge in [0.15, 0.2) is 0 Å². The Kier molecular flexibility index (Phi) is 2.84. The number of hydrogen-bond acceptors (Lipinski definition) is 4. The van der Waals surface area contributed by atoms with E-state index < -0.39 is 21.8 Å². The molecule has 0 unspecified atom stereocenters. The molecule has 19 heavy (non-hydrogen) atoms. The van der Waals surface area contributed by atoms with E-state index in [2.05, 4.69) is 4.72 Å². The van der Waals surface area contributed by atoms with Crippen LogP contribution in [0.4, 0.5) is 0 Å². The quantitative estimate of drug-likeness (QED) is 0.878. The van der Waals surface area contributed by atoms with Crippen LogP contribution in [0.1, 0.15) is 38.2 Å². The minimum atomic E-state index is -3.83. The summed E-state index contributed by atoms with van der Waals surface area (Å²) >= 11 is 0. The molecule has 0 radical (unpaired) electrons. The Labute approximate surface area is 111 Å². The number of rotatable bonds is 4. The Bertz CT molecular complexity index is 612. The van der Waals surface area contributed by atoms with Gasteiger partial charge in [0, 0.05) is 6.04 Å². The fourth-order valence-electron chi connectivity index (χ4n) is 2.28. The van der Waals surface area contributed by atoms with Crippen LogP contribution in [0.3, 0.4) is 0 Å². The van der Waals surface area contributed by atoms with E-state index in [4.69, 9.17) is 9.52 Å². The maximum Gasteiger partial charge on any atom is 0.371 e. The van der Waals surface area contributed by atoms with E-state index in [0.29, 0.717) is 0 Å². The van der Waals surface area contributed by atoms with Crippen LogP contribution in [0, 0.1) is 10.8 Å². The van der Waals surface area contributed by atoms with Crippen molar-refractivity contribution in [1.82, 2.24) is 4.72 Å². The molecular weight excluding hydrogens is 270 g/mol. The number of hydrogen-bond donors (Lipinski definition) is 2. The SMILES string of the molecule is CC1(C)C(NS(=O)(=O)c2ccc(C(=O)O)o2)C1(C)C. The first kappa shape index (κ1) is 14.1. The number of furan rings is 1. The van der Waals surface area contributed by atoms with Gasteiger partial charge < -0.3 is 9.52 Å². The highest BCUT2D eigenvalue weighted by atomic mass is 32.2. The van der Waals surface area contributed by atoms with E-state index in [9.17, 15) is 13.2 Å². The van der Waals surface area contributed by atoms with E-state index in [0.717, 1.165) is 12.1 Å². The summed E-state index contributed by atoms with van der Waals surface area (Å²) in [7, 11) is -3.83. The van der Waals surface area contributed by atoms with Crippen molar-refractivity contribution in [2.75, 3.05) is 0 Å². The summed E-state index contributed by atoms with van der Waals surface area (Å²) in [4.78, 5) is 10.7. The molecule has 0 bridgehead atoms. The average molecular weight is 287 g/mol. The second-order valence-electron chi connectivity index (χ2n) is 5.92. The fraction of sp³-hybridized carbons (Fsp3) is 0.583. The van der Waals surface area contributed by atoms with Gasteiger partial charge in [-0.3, -0.25) is 0 Å². The fourth-order valence-corrected chi connectivity index (χ4v) is 3.75. The first-order valence-corrected chi connectivity index (χ1v) is 7.34. The lowest BCUT2D eigenvalue weighted by Gasteiger charge is -2.05. The monoisotopic (exact) mass is 287 g/mol. The van der Waals surface area contributed by atoms with Gasteiger partial charge in [-0.15, -0.1) is 0 Å². The maximum atomic E-state index is 12.1. The van der Waals surface area contributed by atoms with Crippen LogP contribution in [0.5, 0.6) is 0 Å². The number of sulfonamides is 1. The standard InChI is InChI=1S/C12H17NO5S/c1-11(2)10(12(11,3)4)13-19(16,17)8-6-5-7(18-8)9(14)15/h5-6,10,13H,1-4H3,(H,14,15). The molecule has 1 fully saturated rings. The van der Waals surface area contributed by atoms with Gasteiger partial charge in [-0.2, -0.15) is 0 Å². The average Bonchev–Trinajstić information content (AvgIpc) is 2.71. The predicted octanol–water partition coefficient (Wildman–Crippen LogP) is 1.69. The van der Waals surface area contributed by atoms with Crippen molar-refractivity contribution in [3.05, 3.63) is 17.9 Å². The highest BCUT2D eigenvalue weighted by Crippen LogP contribution is 2.62. The van der Waals surface area contributed by atoms with Crippen molar-refractivity contribution in [3.63, 3.8) is 0 Å². The third-order valence-electron chi connectivity index (χ3n) is 4.35. The molecule has 1 heterocycles. The molecule has 2 rings (SSSR count).